The second kappa shape index (κ2) is 71.0. The molecule has 0 aromatic heterocycles. The van der Waals surface area contributed by atoms with Gasteiger partial charge in [-0.25, -0.2) is 9.13 Å². The van der Waals surface area contributed by atoms with Crippen molar-refractivity contribution in [2.24, 2.45) is 0 Å². The standard InChI is InChI=1S/C79H130O16P2/c1-4-7-10-13-16-19-22-25-28-31-33-34-35-36-37-38-40-43-44-47-50-53-56-59-62-65-77(82)89-68-74(80)69-91-96(85,86)92-70-75(81)71-93-97(87,88)94-73-76(95-79(84)67-64-61-58-55-52-49-46-41-30-27-24-21-18-15-12-9-6-3)72-90-78(83)66-63-60-57-54-51-48-45-42-39-32-29-26-23-20-17-14-11-8-5-2/h7-12,16-21,25-30,33-34,36-37,39,42,46,49,74-76,80-81H,4-6,13-15,22-24,31-32,35,38,40-41,43-45,47-48,50-73H2,1-3H3,(H,85,86)(H,87,88)/b10-7-,11-8-,12-9-,19-16-,20-17-,21-18-,28-25-,29-26-,30-27-,34-33-,37-36-,42-39-,49-46-. The highest BCUT2D eigenvalue weighted by molar-refractivity contribution is 7.47. The van der Waals surface area contributed by atoms with Crippen LogP contribution < -0.4 is 0 Å². The number of aliphatic hydroxyl groups excluding tert-OH is 2. The predicted molar refractivity (Wildman–Crippen MR) is 399 cm³/mol. The number of carbonyl (C=O) groups is 3. The van der Waals surface area contributed by atoms with Gasteiger partial charge in [-0.3, -0.25) is 32.5 Å². The van der Waals surface area contributed by atoms with Crippen LogP contribution in [-0.4, -0.2) is 95.9 Å². The Labute approximate surface area is 587 Å². The first-order valence-corrected chi connectivity index (χ1v) is 39.8. The summed E-state index contributed by atoms with van der Waals surface area (Å²) in [5, 5.41) is 20.6. The van der Waals surface area contributed by atoms with E-state index in [1.54, 1.807) is 0 Å². The number of ether oxygens (including phenoxy) is 3. The van der Waals surface area contributed by atoms with Crippen molar-refractivity contribution in [3.05, 3.63) is 158 Å². The second-order valence-corrected chi connectivity index (χ2v) is 26.9. The van der Waals surface area contributed by atoms with Gasteiger partial charge in [-0.2, -0.15) is 0 Å². The Morgan fingerprint density at radius 2 is 0.515 bits per heavy atom. The smallest absolute Gasteiger partial charge is 0.463 e. The molecule has 0 radical (unpaired) electrons. The molecule has 0 saturated heterocycles. The van der Waals surface area contributed by atoms with Gasteiger partial charge in [-0.1, -0.05) is 262 Å². The number of hydrogen-bond acceptors (Lipinski definition) is 14. The summed E-state index contributed by atoms with van der Waals surface area (Å²) < 4.78 is 61.0. The van der Waals surface area contributed by atoms with E-state index in [9.17, 15) is 43.5 Å². The third-order valence-electron chi connectivity index (χ3n) is 14.7. The van der Waals surface area contributed by atoms with Crippen LogP contribution in [-0.2, 0) is 55.8 Å². The summed E-state index contributed by atoms with van der Waals surface area (Å²) in [5.41, 5.74) is 0. The van der Waals surface area contributed by atoms with Gasteiger partial charge < -0.3 is 34.2 Å². The van der Waals surface area contributed by atoms with Crippen molar-refractivity contribution in [3.8, 4) is 0 Å². The zero-order valence-electron chi connectivity index (χ0n) is 59.9. The van der Waals surface area contributed by atoms with E-state index in [4.69, 9.17) is 32.3 Å². The van der Waals surface area contributed by atoms with E-state index < -0.39 is 91.5 Å². The number of esters is 3. The molecule has 4 N–H and O–H groups in total. The summed E-state index contributed by atoms with van der Waals surface area (Å²) in [6.45, 7) is 2.27. The van der Waals surface area contributed by atoms with Gasteiger partial charge in [0.05, 0.1) is 26.4 Å². The molecule has 0 aromatic carbocycles. The number of phosphoric ester groups is 2. The van der Waals surface area contributed by atoms with Crippen molar-refractivity contribution in [2.45, 2.75) is 283 Å². The number of phosphoric acid groups is 2. The Hall–Kier alpha value is -4.83. The molecule has 0 aliphatic heterocycles. The molecule has 18 heteroatoms. The SMILES string of the molecule is CC/C=C\C/C=C\C/C=C\C/C=C\C/C=C\CCCCCCCCCCCC(=O)OCC(O)COP(=O)(O)OCC(O)COP(=O)(O)OCC(COC(=O)CCCCCCCC/C=C\C/C=C\C/C=C\C/C=C\CC)OC(=O)CCCCCC/C=C\C/C=C\C/C=C\C/C=C\CC. The van der Waals surface area contributed by atoms with Crippen LogP contribution in [0.15, 0.2) is 158 Å². The molecule has 5 atom stereocenters. The van der Waals surface area contributed by atoms with Crippen molar-refractivity contribution in [1.82, 2.24) is 0 Å². The molecule has 552 valence electrons. The Bertz CT molecular complexity index is 2400. The topological polar surface area (TPSA) is 231 Å². The molecule has 0 rings (SSSR count). The van der Waals surface area contributed by atoms with Gasteiger partial charge >= 0.3 is 33.6 Å². The van der Waals surface area contributed by atoms with Crippen molar-refractivity contribution in [2.75, 3.05) is 39.6 Å². The molecule has 0 bridgehead atoms. The molecule has 97 heavy (non-hydrogen) atoms. The average Bonchev–Trinajstić information content (AvgIpc) is 2.50. The number of allylic oxidation sites excluding steroid dienone is 26. The van der Waals surface area contributed by atoms with Gasteiger partial charge in [0.2, 0.25) is 0 Å². The van der Waals surface area contributed by atoms with Crippen LogP contribution in [0.2, 0.25) is 0 Å². The van der Waals surface area contributed by atoms with Crippen molar-refractivity contribution in [3.63, 3.8) is 0 Å². The number of carbonyl (C=O) groups excluding carboxylic acids is 3. The van der Waals surface area contributed by atoms with Crippen molar-refractivity contribution >= 4 is 33.6 Å². The maximum atomic E-state index is 13.0. The summed E-state index contributed by atoms with van der Waals surface area (Å²) in [6, 6.07) is 0. The van der Waals surface area contributed by atoms with Crippen LogP contribution in [0.4, 0.5) is 0 Å². The molecule has 16 nitrogen and oxygen atoms in total. The van der Waals surface area contributed by atoms with Crippen LogP contribution >= 0.6 is 15.6 Å². The lowest BCUT2D eigenvalue weighted by molar-refractivity contribution is -0.161. The molecule has 0 heterocycles. The first-order chi connectivity index (χ1) is 47.2. The number of rotatable bonds is 68. The lowest BCUT2D eigenvalue weighted by Crippen LogP contribution is -2.30. The molecular weight excluding hydrogens is 1270 g/mol. The van der Waals surface area contributed by atoms with Gasteiger partial charge in [0, 0.05) is 19.3 Å². The van der Waals surface area contributed by atoms with E-state index in [1.165, 1.54) is 25.7 Å². The summed E-state index contributed by atoms with van der Waals surface area (Å²) in [4.78, 5) is 58.6. The zero-order chi connectivity index (χ0) is 70.9. The highest BCUT2D eigenvalue weighted by atomic mass is 31.2. The molecule has 0 amide bonds. The predicted octanol–water partition coefficient (Wildman–Crippen LogP) is 21.1. The van der Waals surface area contributed by atoms with Crippen LogP contribution in [0.3, 0.4) is 0 Å². The van der Waals surface area contributed by atoms with Crippen LogP contribution in [0.5, 0.6) is 0 Å². The third-order valence-corrected chi connectivity index (χ3v) is 16.6. The molecular formula is C79H130O16P2. The molecule has 0 saturated carbocycles. The first-order valence-electron chi connectivity index (χ1n) is 36.8. The zero-order valence-corrected chi connectivity index (χ0v) is 61.7. The van der Waals surface area contributed by atoms with Gasteiger partial charge in [0.15, 0.2) is 6.10 Å². The van der Waals surface area contributed by atoms with E-state index >= 15 is 0 Å². The minimum absolute atomic E-state index is 0.0677. The molecule has 0 aliphatic carbocycles. The van der Waals surface area contributed by atoms with Crippen molar-refractivity contribution in [1.29, 1.82) is 0 Å². The second-order valence-electron chi connectivity index (χ2n) is 23.9. The normalized spacial score (nSPS) is 15.0. The maximum absolute atomic E-state index is 13.0. The number of aliphatic hydroxyl groups is 2. The van der Waals surface area contributed by atoms with Gasteiger partial charge in [-0.05, 0) is 141 Å². The van der Waals surface area contributed by atoms with Crippen molar-refractivity contribution < 1.29 is 75.8 Å². The van der Waals surface area contributed by atoms with Gasteiger partial charge in [0.1, 0.15) is 25.4 Å². The fourth-order valence-electron chi connectivity index (χ4n) is 9.23. The summed E-state index contributed by atoms with van der Waals surface area (Å²) in [6.07, 6.45) is 87.1. The monoisotopic (exact) mass is 1400 g/mol. The molecule has 0 aromatic rings. The van der Waals surface area contributed by atoms with E-state index in [2.05, 4.69) is 179 Å². The Morgan fingerprint density at radius 1 is 0.289 bits per heavy atom. The Kier molecular flexibility index (Phi) is 67.5. The quantitative estimate of drug-likeness (QED) is 0.0146. The van der Waals surface area contributed by atoms with Crippen LogP contribution in [0, 0.1) is 0 Å². The van der Waals surface area contributed by atoms with Gasteiger partial charge in [0.25, 0.3) is 0 Å². The van der Waals surface area contributed by atoms with E-state index in [0.29, 0.717) is 19.3 Å². The third kappa shape index (κ3) is 72.2. The van der Waals surface area contributed by atoms with Crippen LogP contribution in [0.25, 0.3) is 0 Å². The highest BCUT2D eigenvalue weighted by Gasteiger charge is 2.29. The molecule has 0 fully saturated rings. The lowest BCUT2D eigenvalue weighted by Gasteiger charge is -2.21. The highest BCUT2D eigenvalue weighted by Crippen LogP contribution is 2.45. The van der Waals surface area contributed by atoms with E-state index in [0.717, 1.165) is 180 Å². The number of hydrogen-bond donors (Lipinski definition) is 4. The maximum Gasteiger partial charge on any atom is 0.472 e. The van der Waals surface area contributed by atoms with E-state index in [1.807, 2.05) is 0 Å². The molecule has 0 aliphatic rings. The molecule has 5 unspecified atom stereocenters. The van der Waals surface area contributed by atoms with Gasteiger partial charge in [-0.15, -0.1) is 0 Å². The Morgan fingerprint density at radius 3 is 0.814 bits per heavy atom. The largest absolute Gasteiger partial charge is 0.472 e. The van der Waals surface area contributed by atoms with Crippen LogP contribution in [0.1, 0.15) is 265 Å². The molecule has 0 spiro atoms. The summed E-state index contributed by atoms with van der Waals surface area (Å²) >= 11 is 0. The summed E-state index contributed by atoms with van der Waals surface area (Å²) in [5.74, 6) is -1.63. The average molecular weight is 1400 g/mol. The van der Waals surface area contributed by atoms with E-state index in [-0.39, 0.29) is 19.3 Å². The Balaban J connectivity index is 4.67. The minimum Gasteiger partial charge on any atom is -0.463 e. The fourth-order valence-corrected chi connectivity index (χ4v) is 10.8. The lowest BCUT2D eigenvalue weighted by atomic mass is 10.1. The fraction of sp³-hybridized carbons (Fsp3) is 0.633. The number of unbranched alkanes of at least 4 members (excludes halogenated alkanes) is 19. The summed E-state index contributed by atoms with van der Waals surface area (Å²) in [7, 11) is -9.81. The minimum atomic E-state index is -4.95. The first kappa shape index (κ1) is 92.2.